The number of fused-ring (bicyclic) bond motifs is 2. The Kier molecular flexibility index (Phi) is 18.5. The fourth-order valence-corrected chi connectivity index (χ4v) is 10.0. The molecule has 0 aromatic heterocycles. The second kappa shape index (κ2) is 24.4. The van der Waals surface area contributed by atoms with Crippen LogP contribution < -0.4 is 9.47 Å². The van der Waals surface area contributed by atoms with Crippen molar-refractivity contribution in [2.75, 3.05) is 65.7 Å². The molecule has 3 aromatic rings. The Morgan fingerprint density at radius 3 is 2.47 bits per heavy atom. The minimum absolute atomic E-state index is 0.00210. The third kappa shape index (κ3) is 11.8. The van der Waals surface area contributed by atoms with E-state index < -0.39 is 28.8 Å². The van der Waals surface area contributed by atoms with E-state index in [0.29, 0.717) is 42.2 Å². The first-order valence-corrected chi connectivity index (χ1v) is 23.0. The fourth-order valence-electron chi connectivity index (χ4n) is 9.29. The number of oxime groups is 1. The molecule has 6 rings (SSSR count). The number of carbonyl (C=O) groups excluding carboxylic acids is 1. The minimum Gasteiger partial charge on any atom is -0.493 e. The molecule has 6 unspecified atom stereocenters. The van der Waals surface area contributed by atoms with Gasteiger partial charge in [0.1, 0.15) is 24.1 Å². The smallest absolute Gasteiger partial charge is 0.410 e. The van der Waals surface area contributed by atoms with Crippen molar-refractivity contribution >= 4 is 29.3 Å². The van der Waals surface area contributed by atoms with E-state index in [1.165, 1.54) is 19.2 Å². The summed E-state index contributed by atoms with van der Waals surface area (Å²) in [5.74, 6) is -0.347. The van der Waals surface area contributed by atoms with Gasteiger partial charge in [-0.25, -0.2) is 4.79 Å². The van der Waals surface area contributed by atoms with Crippen molar-refractivity contribution in [3.8, 4) is 11.5 Å². The number of nitrogens with zero attached hydrogens (tertiary/aromatic N) is 3. The molecular formula is C48H61N3O12S. The molecule has 0 radical (unpaired) electrons. The van der Waals surface area contributed by atoms with Gasteiger partial charge in [0.25, 0.3) is 5.69 Å². The van der Waals surface area contributed by atoms with E-state index in [4.69, 9.17) is 33.7 Å². The minimum atomic E-state index is -1.51. The number of rotatable bonds is 26. The van der Waals surface area contributed by atoms with Crippen molar-refractivity contribution in [2.45, 2.75) is 74.2 Å². The first kappa shape index (κ1) is 48.5. The number of hydrogen-bond donors (Lipinski definition) is 3. The molecule has 0 saturated heterocycles. The van der Waals surface area contributed by atoms with Crippen LogP contribution >= 0.6 is 11.8 Å². The Bertz CT molecular complexity index is 2040. The fraction of sp³-hybridized carbons (Fsp3) is 0.500. The van der Waals surface area contributed by atoms with Gasteiger partial charge in [0, 0.05) is 60.4 Å². The molecule has 1 aliphatic heterocycles. The van der Waals surface area contributed by atoms with Gasteiger partial charge < -0.3 is 43.8 Å². The SMILES string of the molecule is C=CCOC12Oc3ccc(OCCSc4ccccc4)cc3C3C(CCCCO)C(CCCCO)C=C(C(=NOCc4ccc([N+](=O)[O-])cc4)CC1N(CCOCCO)C(=O)OC)C32. The van der Waals surface area contributed by atoms with Crippen molar-refractivity contribution in [3.63, 3.8) is 0 Å². The van der Waals surface area contributed by atoms with Crippen LogP contribution in [0.1, 0.15) is 62.0 Å². The molecule has 0 spiro atoms. The number of nitro groups is 1. The van der Waals surface area contributed by atoms with Crippen LogP contribution in [0.25, 0.3) is 0 Å². The average molecular weight is 904 g/mol. The summed E-state index contributed by atoms with van der Waals surface area (Å²) in [6.07, 6.45) is 7.70. The number of non-ortho nitro benzene ring substituents is 1. The summed E-state index contributed by atoms with van der Waals surface area (Å²) in [7, 11) is 1.31. The van der Waals surface area contributed by atoms with Crippen LogP contribution in [-0.2, 0) is 25.7 Å². The maximum atomic E-state index is 14.0. The summed E-state index contributed by atoms with van der Waals surface area (Å²) in [4.78, 5) is 33.7. The van der Waals surface area contributed by atoms with Gasteiger partial charge in [-0.05, 0) is 91.1 Å². The molecule has 1 saturated carbocycles. The van der Waals surface area contributed by atoms with Crippen LogP contribution in [0.15, 0.2) is 107 Å². The van der Waals surface area contributed by atoms with Crippen LogP contribution in [0.3, 0.4) is 0 Å². The van der Waals surface area contributed by atoms with Crippen LogP contribution in [-0.4, -0.2) is 114 Å². The number of aliphatic hydroxyl groups is 3. The first-order valence-electron chi connectivity index (χ1n) is 22.1. The van der Waals surface area contributed by atoms with E-state index in [1.54, 1.807) is 34.9 Å². The highest BCUT2D eigenvalue weighted by Crippen LogP contribution is 2.62. The van der Waals surface area contributed by atoms with Crippen LogP contribution in [0, 0.1) is 27.9 Å². The summed E-state index contributed by atoms with van der Waals surface area (Å²) in [5, 5.41) is 45.5. The highest BCUT2D eigenvalue weighted by Gasteiger charge is 2.65. The standard InChI is InChI=1S/C48H61N3O12S/c1-3-25-61-48-44(50(47(55)58-2)21-26-59-27-24-54)32-42(49-62-33-34-15-17-36(18-16-34)51(56)57)40-30-35(11-7-9-22-52)39(14-8-10-23-53)45(46(40)48)41-31-37(19-20-43(41)63-48)60-28-29-64-38-12-5-4-6-13-38/h3-6,12-13,15-20,30-31,35,39,44-46,52-54H,1,7-11,14,21-29,32-33H2,2H3. The van der Waals surface area contributed by atoms with Crippen LogP contribution in [0.5, 0.6) is 11.5 Å². The van der Waals surface area contributed by atoms with Gasteiger partial charge in [0.15, 0.2) is 0 Å². The number of carbonyl (C=O) groups is 1. The molecule has 0 bridgehead atoms. The molecular weight excluding hydrogens is 843 g/mol. The number of methoxy groups -OCH3 is 1. The average Bonchev–Trinajstić information content (AvgIpc) is 3.31. The summed E-state index contributed by atoms with van der Waals surface area (Å²) in [6.45, 7) is 4.71. The summed E-state index contributed by atoms with van der Waals surface area (Å²) < 4.78 is 31.8. The number of benzene rings is 3. The van der Waals surface area contributed by atoms with Crippen molar-refractivity contribution in [3.05, 3.63) is 118 Å². The zero-order valence-corrected chi connectivity index (χ0v) is 37.3. The molecule has 1 heterocycles. The predicted molar refractivity (Wildman–Crippen MR) is 243 cm³/mol. The number of amides is 1. The van der Waals surface area contributed by atoms with Gasteiger partial charge in [0.2, 0.25) is 5.79 Å². The Balaban J connectivity index is 1.50. The van der Waals surface area contributed by atoms with E-state index in [9.17, 15) is 30.2 Å². The largest absolute Gasteiger partial charge is 0.493 e. The Morgan fingerprint density at radius 2 is 1.77 bits per heavy atom. The molecule has 346 valence electrons. The maximum absolute atomic E-state index is 14.0. The third-order valence-electron chi connectivity index (χ3n) is 12.1. The monoisotopic (exact) mass is 903 g/mol. The molecule has 3 aliphatic rings. The van der Waals surface area contributed by atoms with Crippen LogP contribution in [0.2, 0.25) is 0 Å². The number of nitro benzene ring substituents is 1. The molecule has 15 nitrogen and oxygen atoms in total. The predicted octanol–water partition coefficient (Wildman–Crippen LogP) is 7.68. The number of allylic oxidation sites excluding steroid dienone is 1. The molecule has 3 N–H and O–H groups in total. The molecule has 1 fully saturated rings. The van der Waals surface area contributed by atoms with E-state index >= 15 is 0 Å². The summed E-state index contributed by atoms with van der Waals surface area (Å²) >= 11 is 1.71. The summed E-state index contributed by atoms with van der Waals surface area (Å²) in [6, 6.07) is 21.2. The highest BCUT2D eigenvalue weighted by molar-refractivity contribution is 7.99. The third-order valence-corrected chi connectivity index (χ3v) is 13.0. The number of hydrogen-bond acceptors (Lipinski definition) is 14. The second-order valence-electron chi connectivity index (χ2n) is 16.0. The van der Waals surface area contributed by atoms with E-state index in [2.05, 4.69) is 30.9 Å². The Morgan fingerprint density at radius 1 is 1.00 bits per heavy atom. The Labute approximate surface area is 379 Å². The zero-order valence-electron chi connectivity index (χ0n) is 36.5. The number of unbranched alkanes of at least 4 members (excludes halogenated alkanes) is 2. The molecule has 64 heavy (non-hydrogen) atoms. The zero-order chi connectivity index (χ0) is 45.3. The van der Waals surface area contributed by atoms with Gasteiger partial charge in [-0.2, -0.15) is 0 Å². The summed E-state index contributed by atoms with van der Waals surface area (Å²) in [5.41, 5.74) is 2.98. The molecule has 3 aromatic carbocycles. The highest BCUT2D eigenvalue weighted by atomic mass is 32.2. The molecule has 16 heteroatoms. The second-order valence-corrected chi connectivity index (χ2v) is 17.1. The Hall–Kier alpha value is -4.97. The van der Waals surface area contributed by atoms with Gasteiger partial charge in [-0.15, -0.1) is 18.3 Å². The quantitative estimate of drug-likeness (QED) is 0.0234. The van der Waals surface area contributed by atoms with E-state index in [0.717, 1.165) is 47.5 Å². The van der Waals surface area contributed by atoms with Crippen molar-refractivity contribution < 1.29 is 53.6 Å². The van der Waals surface area contributed by atoms with E-state index in [1.807, 2.05) is 30.3 Å². The van der Waals surface area contributed by atoms with Gasteiger partial charge in [0.05, 0.1) is 56.7 Å². The molecule has 2 aliphatic carbocycles. The number of ether oxygens (including phenoxy) is 5. The van der Waals surface area contributed by atoms with Crippen molar-refractivity contribution in [1.29, 1.82) is 0 Å². The lowest BCUT2D eigenvalue weighted by Crippen LogP contribution is -2.70. The molecule has 6 atom stereocenters. The maximum Gasteiger partial charge on any atom is 0.410 e. The first-order chi connectivity index (χ1) is 31.3. The lowest BCUT2D eigenvalue weighted by atomic mass is 9.55. The van der Waals surface area contributed by atoms with Crippen molar-refractivity contribution in [1.82, 2.24) is 4.90 Å². The van der Waals surface area contributed by atoms with Crippen molar-refractivity contribution in [2.24, 2.45) is 22.9 Å². The lowest BCUT2D eigenvalue weighted by molar-refractivity contribution is -0.384. The number of thioether (sulfide) groups is 1. The molecule has 1 amide bonds. The van der Waals surface area contributed by atoms with E-state index in [-0.39, 0.29) is 82.7 Å². The normalized spacial score (nSPS) is 22.7. The van der Waals surface area contributed by atoms with Gasteiger partial charge in [-0.1, -0.05) is 48.3 Å². The van der Waals surface area contributed by atoms with Gasteiger partial charge >= 0.3 is 6.09 Å². The van der Waals surface area contributed by atoms with Crippen LogP contribution in [0.4, 0.5) is 10.5 Å². The topological polar surface area (TPSA) is 192 Å². The van der Waals surface area contributed by atoms with Gasteiger partial charge in [-0.3, -0.25) is 15.0 Å². The number of aliphatic hydroxyl groups excluding tert-OH is 3. The lowest BCUT2D eigenvalue weighted by Gasteiger charge is -2.59.